The minimum Gasteiger partial charge on any atom is -0.481 e. The fourth-order valence-electron chi connectivity index (χ4n) is 3.49. The molecule has 1 atom stereocenters. The van der Waals surface area contributed by atoms with Crippen LogP contribution in [0.1, 0.15) is 34.2 Å². The number of nitrogens with zero attached hydrogens (tertiary/aromatic N) is 5. The molecule has 0 amide bonds. The molecular weight excluding hydrogens is 364 g/mol. The Morgan fingerprint density at radius 3 is 1.97 bits per heavy atom. The number of ether oxygens (including phenoxy) is 1. The van der Waals surface area contributed by atoms with E-state index in [2.05, 4.69) is 37.1 Å². The zero-order valence-electron chi connectivity index (χ0n) is 15.9. The SMILES string of the molecule is COc1ccc(C(c2ccnc(N)n2)C(c2cccnc2)c2cccnc2)cn1. The highest BCUT2D eigenvalue weighted by atomic mass is 16.5. The molecule has 4 aromatic rings. The van der Waals surface area contributed by atoms with Crippen molar-refractivity contribution in [2.24, 2.45) is 0 Å². The third-order valence-corrected chi connectivity index (χ3v) is 4.76. The van der Waals surface area contributed by atoms with Gasteiger partial charge in [-0.05, 0) is 34.9 Å². The molecule has 0 saturated heterocycles. The van der Waals surface area contributed by atoms with Crippen LogP contribution < -0.4 is 10.5 Å². The predicted molar refractivity (Wildman–Crippen MR) is 109 cm³/mol. The van der Waals surface area contributed by atoms with Gasteiger partial charge in [-0.2, -0.15) is 0 Å². The van der Waals surface area contributed by atoms with Crippen LogP contribution in [0.15, 0.2) is 79.6 Å². The van der Waals surface area contributed by atoms with Crippen molar-refractivity contribution in [1.82, 2.24) is 24.9 Å². The van der Waals surface area contributed by atoms with Crippen molar-refractivity contribution in [2.45, 2.75) is 11.8 Å². The van der Waals surface area contributed by atoms with Crippen LogP contribution in [0.25, 0.3) is 0 Å². The second-order valence-corrected chi connectivity index (χ2v) is 6.50. The van der Waals surface area contributed by atoms with Crippen molar-refractivity contribution in [3.63, 3.8) is 0 Å². The number of aromatic nitrogens is 5. The number of pyridine rings is 3. The molecule has 0 aliphatic carbocycles. The standard InChI is InChI=1S/C22H20N6O/c1-29-19-7-6-17(14-27-19)21(18-8-11-26-22(23)28-18)20(15-4-2-9-24-12-15)16-5-3-10-25-13-16/h2-14,20-21H,1H3,(H2,23,26,28). The van der Waals surface area contributed by atoms with Crippen LogP contribution in [0.2, 0.25) is 0 Å². The smallest absolute Gasteiger partial charge is 0.220 e. The van der Waals surface area contributed by atoms with Gasteiger partial charge in [-0.1, -0.05) is 18.2 Å². The van der Waals surface area contributed by atoms with Gasteiger partial charge in [0.25, 0.3) is 0 Å². The highest BCUT2D eigenvalue weighted by Crippen LogP contribution is 2.41. The third kappa shape index (κ3) is 4.03. The van der Waals surface area contributed by atoms with Crippen LogP contribution in [-0.4, -0.2) is 32.0 Å². The van der Waals surface area contributed by atoms with Crippen LogP contribution >= 0.6 is 0 Å². The summed E-state index contributed by atoms with van der Waals surface area (Å²) in [6.07, 6.45) is 10.7. The van der Waals surface area contributed by atoms with Crippen LogP contribution in [0.3, 0.4) is 0 Å². The second kappa shape index (κ2) is 8.43. The summed E-state index contributed by atoms with van der Waals surface area (Å²) in [7, 11) is 1.60. The number of nitrogens with two attached hydrogens (primary N) is 1. The second-order valence-electron chi connectivity index (χ2n) is 6.50. The first-order chi connectivity index (χ1) is 14.3. The fourth-order valence-corrected chi connectivity index (χ4v) is 3.49. The zero-order valence-corrected chi connectivity index (χ0v) is 15.9. The molecule has 0 spiro atoms. The van der Waals surface area contributed by atoms with Gasteiger partial charge in [-0.25, -0.2) is 15.0 Å². The molecule has 0 fully saturated rings. The highest BCUT2D eigenvalue weighted by Gasteiger charge is 2.30. The average Bonchev–Trinajstić information content (AvgIpc) is 2.79. The van der Waals surface area contributed by atoms with Crippen molar-refractivity contribution in [3.05, 3.63) is 102 Å². The van der Waals surface area contributed by atoms with Gasteiger partial charge < -0.3 is 10.5 Å². The Kier molecular flexibility index (Phi) is 5.38. The van der Waals surface area contributed by atoms with E-state index >= 15 is 0 Å². The Balaban J connectivity index is 1.93. The van der Waals surface area contributed by atoms with Crippen molar-refractivity contribution in [2.75, 3.05) is 12.8 Å². The molecule has 1 unspecified atom stereocenters. The molecule has 0 aliphatic heterocycles. The molecule has 0 aliphatic rings. The molecule has 0 radical (unpaired) electrons. The number of rotatable bonds is 6. The van der Waals surface area contributed by atoms with Crippen molar-refractivity contribution < 1.29 is 4.74 Å². The largest absolute Gasteiger partial charge is 0.481 e. The lowest BCUT2D eigenvalue weighted by atomic mass is 9.76. The molecule has 7 heteroatoms. The third-order valence-electron chi connectivity index (χ3n) is 4.76. The molecule has 144 valence electrons. The first kappa shape index (κ1) is 18.5. The van der Waals surface area contributed by atoms with E-state index in [1.165, 1.54) is 0 Å². The molecule has 7 nitrogen and oxygen atoms in total. The van der Waals surface area contributed by atoms with E-state index in [1.807, 2.05) is 48.9 Å². The van der Waals surface area contributed by atoms with Crippen molar-refractivity contribution >= 4 is 5.95 Å². The number of hydrogen-bond donors (Lipinski definition) is 1. The molecule has 4 aromatic heterocycles. The summed E-state index contributed by atoms with van der Waals surface area (Å²) in [6.45, 7) is 0. The van der Waals surface area contributed by atoms with Gasteiger partial charge in [0.2, 0.25) is 11.8 Å². The molecule has 0 bridgehead atoms. The summed E-state index contributed by atoms with van der Waals surface area (Å²) in [6, 6.07) is 13.7. The molecule has 4 rings (SSSR count). The quantitative estimate of drug-likeness (QED) is 0.545. The number of anilines is 1. The summed E-state index contributed by atoms with van der Waals surface area (Å²) in [4.78, 5) is 21.7. The Bertz CT molecular complexity index is 1020. The first-order valence-corrected chi connectivity index (χ1v) is 9.14. The fraction of sp³-hybridized carbons (Fsp3) is 0.136. The lowest BCUT2D eigenvalue weighted by molar-refractivity contribution is 0.397. The maximum absolute atomic E-state index is 5.92. The normalized spacial score (nSPS) is 11.9. The van der Waals surface area contributed by atoms with Gasteiger partial charge >= 0.3 is 0 Å². The minimum atomic E-state index is -0.174. The molecule has 0 aromatic carbocycles. The van der Waals surface area contributed by atoms with Crippen LogP contribution in [0, 0.1) is 0 Å². The van der Waals surface area contributed by atoms with Gasteiger partial charge in [0.1, 0.15) is 0 Å². The summed E-state index contributed by atoms with van der Waals surface area (Å²) in [5, 5.41) is 0. The Hall–Kier alpha value is -3.87. The summed E-state index contributed by atoms with van der Waals surface area (Å²) in [5.41, 5.74) is 9.76. The van der Waals surface area contributed by atoms with Crippen LogP contribution in [-0.2, 0) is 0 Å². The zero-order chi connectivity index (χ0) is 20.1. The van der Waals surface area contributed by atoms with Crippen LogP contribution in [0.4, 0.5) is 5.95 Å². The van der Waals surface area contributed by atoms with Gasteiger partial charge in [-0.15, -0.1) is 0 Å². The highest BCUT2D eigenvalue weighted by molar-refractivity contribution is 5.42. The average molecular weight is 384 g/mol. The van der Waals surface area contributed by atoms with Crippen LogP contribution in [0.5, 0.6) is 5.88 Å². The molecule has 2 N–H and O–H groups in total. The van der Waals surface area contributed by atoms with E-state index < -0.39 is 0 Å². The minimum absolute atomic E-state index is 0.0955. The predicted octanol–water partition coefficient (Wildman–Crippen LogP) is 3.22. The van der Waals surface area contributed by atoms with E-state index in [1.54, 1.807) is 25.7 Å². The summed E-state index contributed by atoms with van der Waals surface area (Å²) < 4.78 is 5.23. The molecule has 0 saturated carbocycles. The monoisotopic (exact) mass is 384 g/mol. The lowest BCUT2D eigenvalue weighted by Crippen LogP contribution is -2.17. The van der Waals surface area contributed by atoms with Gasteiger partial charge in [0.05, 0.1) is 12.8 Å². The molecule has 29 heavy (non-hydrogen) atoms. The van der Waals surface area contributed by atoms with Crippen molar-refractivity contribution in [1.29, 1.82) is 0 Å². The topological polar surface area (TPSA) is 99.7 Å². The molecular formula is C22H20N6O. The Labute approximate surface area is 168 Å². The van der Waals surface area contributed by atoms with Gasteiger partial charge in [0, 0.05) is 55.1 Å². The number of nitrogen functional groups attached to an aromatic ring is 1. The van der Waals surface area contributed by atoms with Crippen molar-refractivity contribution in [3.8, 4) is 5.88 Å². The van der Waals surface area contributed by atoms with E-state index in [-0.39, 0.29) is 17.8 Å². The van der Waals surface area contributed by atoms with Gasteiger partial charge in [-0.3, -0.25) is 9.97 Å². The summed E-state index contributed by atoms with van der Waals surface area (Å²) >= 11 is 0. The number of hydrogen-bond acceptors (Lipinski definition) is 7. The lowest BCUT2D eigenvalue weighted by Gasteiger charge is -2.28. The van der Waals surface area contributed by atoms with E-state index in [0.717, 1.165) is 22.4 Å². The van der Waals surface area contributed by atoms with E-state index in [9.17, 15) is 0 Å². The van der Waals surface area contributed by atoms with Gasteiger partial charge in [0.15, 0.2) is 0 Å². The molecule has 4 heterocycles. The maximum atomic E-state index is 5.92. The Morgan fingerprint density at radius 1 is 0.759 bits per heavy atom. The van der Waals surface area contributed by atoms with E-state index in [0.29, 0.717) is 5.88 Å². The Morgan fingerprint density at radius 2 is 1.45 bits per heavy atom. The number of methoxy groups -OCH3 is 1. The summed E-state index contributed by atoms with van der Waals surface area (Å²) in [5.74, 6) is 0.508. The first-order valence-electron chi connectivity index (χ1n) is 9.14. The van der Waals surface area contributed by atoms with E-state index in [4.69, 9.17) is 10.5 Å². The maximum Gasteiger partial charge on any atom is 0.220 e.